The quantitative estimate of drug-likeness (QED) is 0.660. The molecule has 0 saturated carbocycles. The van der Waals surface area contributed by atoms with Crippen molar-refractivity contribution in [1.82, 2.24) is 10.2 Å². The van der Waals surface area contributed by atoms with E-state index in [1.54, 1.807) is 13.2 Å². The summed E-state index contributed by atoms with van der Waals surface area (Å²) in [7, 11) is 1.60. The van der Waals surface area contributed by atoms with Crippen LogP contribution >= 0.6 is 15.9 Å². The third kappa shape index (κ3) is 5.23. The minimum atomic E-state index is -0.259. The number of likely N-dealkylation sites (tertiary alicyclic amines) is 1. The monoisotopic (exact) mass is 442 g/mol. The fraction of sp³-hybridized carbons (Fsp3) is 0.273. The second-order valence-electron chi connectivity index (χ2n) is 6.63. The van der Waals surface area contributed by atoms with E-state index in [0.717, 1.165) is 28.6 Å². The van der Waals surface area contributed by atoms with Crippen LogP contribution in [0.15, 0.2) is 59.1 Å². The summed E-state index contributed by atoms with van der Waals surface area (Å²) < 4.78 is 6.24. The van der Waals surface area contributed by atoms with Crippen LogP contribution in [0.3, 0.4) is 0 Å². The van der Waals surface area contributed by atoms with Crippen LogP contribution in [-0.2, 0) is 9.59 Å². The highest BCUT2D eigenvalue weighted by atomic mass is 79.9. The van der Waals surface area contributed by atoms with E-state index in [9.17, 15) is 9.59 Å². The van der Waals surface area contributed by atoms with Gasteiger partial charge in [0.15, 0.2) is 0 Å². The molecule has 1 N–H and O–H groups in total. The molecule has 0 bridgehead atoms. The van der Waals surface area contributed by atoms with Gasteiger partial charge in [0.2, 0.25) is 11.8 Å². The summed E-state index contributed by atoms with van der Waals surface area (Å²) in [4.78, 5) is 26.4. The lowest BCUT2D eigenvalue weighted by Crippen LogP contribution is -2.38. The molecule has 146 valence electrons. The van der Waals surface area contributed by atoms with Crippen molar-refractivity contribution in [2.24, 2.45) is 0 Å². The van der Waals surface area contributed by atoms with Crippen LogP contribution in [0.25, 0.3) is 6.08 Å². The SMILES string of the molecule is COc1ccc(Br)cc1/C=C/C(=O)NC(CN1CCCC1=O)c1ccccc1. The Labute approximate surface area is 173 Å². The van der Waals surface area contributed by atoms with E-state index in [1.165, 1.54) is 6.08 Å². The highest BCUT2D eigenvalue weighted by molar-refractivity contribution is 9.10. The molecule has 2 amide bonds. The molecule has 2 aromatic carbocycles. The molecule has 28 heavy (non-hydrogen) atoms. The van der Waals surface area contributed by atoms with Gasteiger partial charge in [0.1, 0.15) is 5.75 Å². The number of carbonyl (C=O) groups excluding carboxylic acids is 2. The van der Waals surface area contributed by atoms with Crippen LogP contribution in [0, 0.1) is 0 Å². The molecule has 1 aliphatic heterocycles. The Morgan fingerprint density at radius 2 is 2.07 bits per heavy atom. The molecular formula is C22H23BrN2O3. The average Bonchev–Trinajstić information content (AvgIpc) is 3.11. The molecule has 5 nitrogen and oxygen atoms in total. The number of ether oxygens (including phenoxy) is 1. The second kappa shape index (κ2) is 9.55. The lowest BCUT2D eigenvalue weighted by Gasteiger charge is -2.24. The van der Waals surface area contributed by atoms with Gasteiger partial charge in [0.25, 0.3) is 0 Å². The van der Waals surface area contributed by atoms with Gasteiger partial charge in [-0.1, -0.05) is 46.3 Å². The number of nitrogens with one attached hydrogen (secondary N) is 1. The second-order valence-corrected chi connectivity index (χ2v) is 7.55. The van der Waals surface area contributed by atoms with Crippen LogP contribution in [0.5, 0.6) is 5.75 Å². The minimum absolute atomic E-state index is 0.143. The van der Waals surface area contributed by atoms with Gasteiger partial charge in [0, 0.05) is 35.6 Å². The smallest absolute Gasteiger partial charge is 0.244 e. The fourth-order valence-corrected chi connectivity index (χ4v) is 3.64. The summed E-state index contributed by atoms with van der Waals surface area (Å²) in [5.41, 5.74) is 1.78. The Kier molecular flexibility index (Phi) is 6.87. The van der Waals surface area contributed by atoms with Gasteiger partial charge in [-0.15, -0.1) is 0 Å². The Balaban J connectivity index is 1.74. The molecule has 3 rings (SSSR count). The topological polar surface area (TPSA) is 58.6 Å². The minimum Gasteiger partial charge on any atom is -0.496 e. The van der Waals surface area contributed by atoms with E-state index < -0.39 is 0 Å². The zero-order valence-corrected chi connectivity index (χ0v) is 17.3. The molecule has 1 atom stereocenters. The third-order valence-electron chi connectivity index (χ3n) is 4.70. The number of amides is 2. The van der Waals surface area contributed by atoms with Crippen LogP contribution in [-0.4, -0.2) is 36.9 Å². The molecule has 2 aromatic rings. The Hall–Kier alpha value is -2.60. The number of carbonyl (C=O) groups is 2. The van der Waals surface area contributed by atoms with Crippen molar-refractivity contribution in [3.63, 3.8) is 0 Å². The van der Waals surface area contributed by atoms with Crippen molar-refractivity contribution in [2.75, 3.05) is 20.2 Å². The summed E-state index contributed by atoms with van der Waals surface area (Å²) in [6.45, 7) is 1.21. The zero-order valence-electron chi connectivity index (χ0n) is 15.7. The van der Waals surface area contributed by atoms with Gasteiger partial charge in [-0.2, -0.15) is 0 Å². The van der Waals surface area contributed by atoms with Crippen molar-refractivity contribution >= 4 is 33.8 Å². The Morgan fingerprint density at radius 1 is 1.29 bits per heavy atom. The molecule has 1 heterocycles. The summed E-state index contributed by atoms with van der Waals surface area (Å²) in [6, 6.07) is 15.1. The number of halogens is 1. The highest BCUT2D eigenvalue weighted by Gasteiger charge is 2.24. The van der Waals surface area contributed by atoms with Gasteiger partial charge in [-0.05, 0) is 36.3 Å². The first kappa shape index (κ1) is 20.1. The predicted molar refractivity (Wildman–Crippen MR) is 113 cm³/mol. The number of methoxy groups -OCH3 is 1. The van der Waals surface area contributed by atoms with Gasteiger partial charge in [0.05, 0.1) is 13.2 Å². The van der Waals surface area contributed by atoms with E-state index >= 15 is 0 Å². The maximum Gasteiger partial charge on any atom is 0.244 e. The first-order valence-corrected chi connectivity index (χ1v) is 10.0. The van der Waals surface area contributed by atoms with Gasteiger partial charge in [-0.3, -0.25) is 9.59 Å². The number of benzene rings is 2. The summed E-state index contributed by atoms with van der Waals surface area (Å²) in [5.74, 6) is 0.613. The van der Waals surface area contributed by atoms with Crippen LogP contribution in [0.2, 0.25) is 0 Å². The first-order valence-electron chi connectivity index (χ1n) is 9.21. The van der Waals surface area contributed by atoms with Gasteiger partial charge < -0.3 is 15.0 Å². The van der Waals surface area contributed by atoms with Gasteiger partial charge >= 0.3 is 0 Å². The molecule has 1 fully saturated rings. The molecule has 0 spiro atoms. The van der Waals surface area contributed by atoms with Crippen molar-refractivity contribution < 1.29 is 14.3 Å². The van der Waals surface area contributed by atoms with E-state index in [0.29, 0.717) is 18.7 Å². The van der Waals surface area contributed by atoms with Crippen molar-refractivity contribution in [1.29, 1.82) is 0 Å². The van der Waals surface area contributed by atoms with Gasteiger partial charge in [-0.25, -0.2) is 0 Å². The van der Waals surface area contributed by atoms with Crippen molar-refractivity contribution in [3.8, 4) is 5.75 Å². The predicted octanol–water partition coefficient (Wildman–Crippen LogP) is 3.95. The molecule has 6 heteroatoms. The number of hydrogen-bond donors (Lipinski definition) is 1. The van der Waals surface area contributed by atoms with E-state index in [4.69, 9.17) is 4.74 Å². The van der Waals surface area contributed by atoms with Crippen LogP contribution in [0.4, 0.5) is 0 Å². The lowest BCUT2D eigenvalue weighted by atomic mass is 10.1. The fourth-order valence-electron chi connectivity index (χ4n) is 3.26. The van der Waals surface area contributed by atoms with Crippen molar-refractivity contribution in [2.45, 2.75) is 18.9 Å². The van der Waals surface area contributed by atoms with E-state index in [1.807, 2.05) is 53.4 Å². The highest BCUT2D eigenvalue weighted by Crippen LogP contribution is 2.24. The Morgan fingerprint density at radius 3 is 2.75 bits per heavy atom. The largest absolute Gasteiger partial charge is 0.496 e. The standard InChI is InChI=1S/C22H23BrN2O3/c1-28-20-11-10-18(23)14-17(20)9-12-21(26)24-19(16-6-3-2-4-7-16)15-25-13-5-8-22(25)27/h2-4,6-7,9-12,14,19H,5,8,13,15H2,1H3,(H,24,26)/b12-9+. The molecule has 1 saturated heterocycles. The maximum atomic E-state index is 12.6. The average molecular weight is 443 g/mol. The molecule has 1 aliphatic rings. The zero-order chi connectivity index (χ0) is 19.9. The van der Waals surface area contributed by atoms with E-state index in [-0.39, 0.29) is 17.9 Å². The molecule has 1 unspecified atom stereocenters. The normalized spacial score (nSPS) is 15.1. The lowest BCUT2D eigenvalue weighted by molar-refractivity contribution is -0.128. The number of hydrogen-bond acceptors (Lipinski definition) is 3. The van der Waals surface area contributed by atoms with Crippen molar-refractivity contribution in [3.05, 3.63) is 70.2 Å². The summed E-state index contributed by atoms with van der Waals surface area (Å²) in [5, 5.41) is 3.03. The van der Waals surface area contributed by atoms with Crippen LogP contribution < -0.4 is 10.1 Å². The molecule has 0 aromatic heterocycles. The number of rotatable bonds is 7. The molecule has 0 aliphatic carbocycles. The van der Waals surface area contributed by atoms with Crippen LogP contribution in [0.1, 0.15) is 30.0 Å². The molecule has 0 radical (unpaired) electrons. The summed E-state index contributed by atoms with van der Waals surface area (Å²) in [6.07, 6.45) is 4.67. The maximum absolute atomic E-state index is 12.6. The van der Waals surface area contributed by atoms with E-state index in [2.05, 4.69) is 21.2 Å². The summed E-state index contributed by atoms with van der Waals surface area (Å²) >= 11 is 3.43. The number of nitrogens with zero attached hydrogens (tertiary/aromatic N) is 1. The molecular weight excluding hydrogens is 420 g/mol. The Bertz CT molecular complexity index is 867. The first-order chi connectivity index (χ1) is 13.6. The third-order valence-corrected chi connectivity index (χ3v) is 5.19.